The van der Waals surface area contributed by atoms with E-state index in [0.29, 0.717) is 31.7 Å². The first-order valence-electron chi connectivity index (χ1n) is 14.1. The largest absolute Gasteiger partial charge is 0.384 e. The molecule has 8 nitrogen and oxygen atoms in total. The predicted molar refractivity (Wildman–Crippen MR) is 160 cm³/mol. The second kappa shape index (κ2) is 12.3. The number of hydrogen-bond acceptors (Lipinski definition) is 5. The summed E-state index contributed by atoms with van der Waals surface area (Å²) in [5.41, 5.74) is 18.9. The number of pyridine rings is 1. The van der Waals surface area contributed by atoms with Crippen LogP contribution < -0.4 is 16.8 Å². The van der Waals surface area contributed by atoms with Crippen molar-refractivity contribution in [1.29, 1.82) is 0 Å². The Balaban J connectivity index is 1.21. The Morgan fingerprint density at radius 2 is 1.88 bits per heavy atom. The quantitative estimate of drug-likeness (QED) is 0.254. The lowest BCUT2D eigenvalue weighted by molar-refractivity contribution is -0.132. The summed E-state index contributed by atoms with van der Waals surface area (Å²) in [5.74, 6) is 0.809. The van der Waals surface area contributed by atoms with Gasteiger partial charge < -0.3 is 26.7 Å². The Hall–Kier alpha value is -4.17. The Morgan fingerprint density at radius 1 is 1.10 bits per heavy atom. The molecule has 0 saturated carbocycles. The van der Waals surface area contributed by atoms with Gasteiger partial charge in [-0.25, -0.2) is 4.98 Å². The molecule has 1 aliphatic heterocycles. The molecule has 1 fully saturated rings. The van der Waals surface area contributed by atoms with Crippen LogP contribution in [0.25, 0.3) is 22.0 Å². The molecule has 1 saturated heterocycles. The fraction of sp³-hybridized carbons (Fsp3) is 0.344. The van der Waals surface area contributed by atoms with Gasteiger partial charge in [0.1, 0.15) is 5.82 Å². The van der Waals surface area contributed by atoms with Crippen LogP contribution in [0.3, 0.4) is 0 Å². The molecule has 6 N–H and O–H groups in total. The molecule has 0 radical (unpaired) electrons. The highest BCUT2D eigenvalue weighted by Gasteiger charge is 2.28. The maximum atomic E-state index is 13.3. The average Bonchev–Trinajstić information content (AvgIpc) is 3.32. The number of carbonyl (C=O) groups is 2. The van der Waals surface area contributed by atoms with E-state index in [2.05, 4.69) is 51.7 Å². The van der Waals surface area contributed by atoms with E-state index in [4.69, 9.17) is 11.5 Å². The van der Waals surface area contributed by atoms with E-state index in [0.717, 1.165) is 48.0 Å². The lowest BCUT2D eigenvalue weighted by Crippen LogP contribution is -2.42. The fourth-order valence-corrected chi connectivity index (χ4v) is 5.78. The third kappa shape index (κ3) is 6.51. The number of nitrogens with one attached hydrogen (secondary N) is 2. The number of amides is 2. The SMILES string of the molecule is CC(=O)NCCc1c(C2CCCN(C(=O)C[C@H](N)Cc3ccc(-c4ccc(N)nc4)cc3)C2)[nH]c2ccccc12. The number of aromatic nitrogens is 2. The topological polar surface area (TPSA) is 130 Å². The zero-order valence-electron chi connectivity index (χ0n) is 23.0. The molecule has 208 valence electrons. The number of nitrogens with zero attached hydrogens (tertiary/aromatic N) is 2. The number of fused-ring (bicyclic) bond motifs is 1. The summed E-state index contributed by atoms with van der Waals surface area (Å²) in [6, 6.07) is 20.0. The van der Waals surface area contributed by atoms with E-state index in [1.165, 1.54) is 16.6 Å². The number of hydrogen-bond donors (Lipinski definition) is 4. The van der Waals surface area contributed by atoms with Crippen molar-refractivity contribution in [2.75, 3.05) is 25.4 Å². The summed E-state index contributed by atoms with van der Waals surface area (Å²) in [7, 11) is 0. The van der Waals surface area contributed by atoms with E-state index in [1.54, 1.807) is 19.2 Å². The van der Waals surface area contributed by atoms with Crippen LogP contribution in [0.5, 0.6) is 0 Å². The van der Waals surface area contributed by atoms with Gasteiger partial charge in [-0.15, -0.1) is 0 Å². The molecule has 3 heterocycles. The lowest BCUT2D eigenvalue weighted by atomic mass is 9.90. The van der Waals surface area contributed by atoms with E-state index >= 15 is 0 Å². The van der Waals surface area contributed by atoms with Gasteiger partial charge in [-0.3, -0.25) is 9.59 Å². The predicted octanol–water partition coefficient (Wildman–Crippen LogP) is 4.16. The number of nitrogens with two attached hydrogens (primary N) is 2. The van der Waals surface area contributed by atoms with Crippen LogP contribution in [-0.2, 0) is 22.4 Å². The molecule has 40 heavy (non-hydrogen) atoms. The fourth-order valence-electron chi connectivity index (χ4n) is 5.78. The summed E-state index contributed by atoms with van der Waals surface area (Å²) in [6.07, 6.45) is 5.45. The molecule has 0 aliphatic carbocycles. The van der Waals surface area contributed by atoms with Crippen molar-refractivity contribution >= 4 is 28.5 Å². The summed E-state index contributed by atoms with van der Waals surface area (Å²) in [6.45, 7) is 3.57. The number of rotatable bonds is 9. The number of aromatic amines is 1. The molecular weight excluding hydrogens is 500 g/mol. The smallest absolute Gasteiger partial charge is 0.224 e. The molecule has 1 unspecified atom stereocenters. The molecule has 2 amide bonds. The van der Waals surface area contributed by atoms with Gasteiger partial charge in [0.05, 0.1) is 0 Å². The third-order valence-electron chi connectivity index (χ3n) is 7.79. The normalized spacial score (nSPS) is 16.1. The van der Waals surface area contributed by atoms with Crippen molar-refractivity contribution in [2.45, 2.75) is 51.0 Å². The maximum absolute atomic E-state index is 13.3. The Morgan fingerprint density at radius 3 is 2.62 bits per heavy atom. The van der Waals surface area contributed by atoms with Crippen LogP contribution >= 0.6 is 0 Å². The number of benzene rings is 2. The van der Waals surface area contributed by atoms with Crippen molar-refractivity contribution in [3.8, 4) is 11.1 Å². The molecule has 8 heteroatoms. The summed E-state index contributed by atoms with van der Waals surface area (Å²) in [5, 5.41) is 4.11. The molecule has 1 aliphatic rings. The number of para-hydroxylation sites is 1. The van der Waals surface area contributed by atoms with Crippen molar-refractivity contribution in [1.82, 2.24) is 20.2 Å². The Kier molecular flexibility index (Phi) is 8.45. The van der Waals surface area contributed by atoms with Crippen molar-refractivity contribution in [3.63, 3.8) is 0 Å². The highest BCUT2D eigenvalue weighted by atomic mass is 16.2. The molecule has 2 atom stereocenters. The number of anilines is 1. The minimum absolute atomic E-state index is 0.0257. The first-order chi connectivity index (χ1) is 19.4. The van der Waals surface area contributed by atoms with Crippen molar-refractivity contribution < 1.29 is 9.59 Å². The minimum Gasteiger partial charge on any atom is -0.384 e. The van der Waals surface area contributed by atoms with Crippen molar-refractivity contribution in [3.05, 3.63) is 83.7 Å². The highest BCUT2D eigenvalue weighted by molar-refractivity contribution is 5.85. The minimum atomic E-state index is -0.252. The van der Waals surface area contributed by atoms with Gasteiger partial charge in [0.2, 0.25) is 11.8 Å². The maximum Gasteiger partial charge on any atom is 0.224 e. The molecule has 5 rings (SSSR count). The second-order valence-electron chi connectivity index (χ2n) is 10.8. The highest BCUT2D eigenvalue weighted by Crippen LogP contribution is 2.33. The summed E-state index contributed by atoms with van der Waals surface area (Å²) >= 11 is 0. The van der Waals surface area contributed by atoms with Crippen LogP contribution in [0.1, 0.15) is 48.9 Å². The summed E-state index contributed by atoms with van der Waals surface area (Å²) in [4.78, 5) is 34.5. The van der Waals surface area contributed by atoms with Gasteiger partial charge in [-0.05, 0) is 60.6 Å². The van der Waals surface area contributed by atoms with E-state index < -0.39 is 0 Å². The zero-order chi connectivity index (χ0) is 28.1. The van der Waals surface area contributed by atoms with Gasteiger partial charge in [-0.1, -0.05) is 42.5 Å². The van der Waals surface area contributed by atoms with Crippen LogP contribution in [-0.4, -0.2) is 52.4 Å². The lowest BCUT2D eigenvalue weighted by Gasteiger charge is -2.33. The van der Waals surface area contributed by atoms with Crippen LogP contribution in [0.15, 0.2) is 66.9 Å². The summed E-state index contributed by atoms with van der Waals surface area (Å²) < 4.78 is 0. The molecule has 4 aromatic rings. The van der Waals surface area contributed by atoms with Crippen LogP contribution in [0.2, 0.25) is 0 Å². The number of nitrogen functional groups attached to an aromatic ring is 1. The number of likely N-dealkylation sites (tertiary alicyclic amines) is 1. The van der Waals surface area contributed by atoms with E-state index in [1.807, 2.05) is 23.1 Å². The Labute approximate surface area is 235 Å². The first kappa shape index (κ1) is 27.4. The molecule has 2 aromatic carbocycles. The second-order valence-corrected chi connectivity index (χ2v) is 10.8. The number of piperidine rings is 1. The molecular formula is C32H38N6O2. The monoisotopic (exact) mass is 538 g/mol. The molecule has 0 bridgehead atoms. The average molecular weight is 539 g/mol. The van der Waals surface area contributed by atoms with Crippen LogP contribution in [0.4, 0.5) is 5.82 Å². The van der Waals surface area contributed by atoms with Gasteiger partial charge in [-0.2, -0.15) is 0 Å². The van der Waals surface area contributed by atoms with E-state index in [9.17, 15) is 9.59 Å². The van der Waals surface area contributed by atoms with Gasteiger partial charge in [0, 0.05) is 73.3 Å². The van der Waals surface area contributed by atoms with Crippen LogP contribution in [0, 0.1) is 0 Å². The zero-order valence-corrected chi connectivity index (χ0v) is 23.0. The number of H-pyrrole nitrogens is 1. The standard InChI is InChI=1S/C32H38N6O2/c1-21(39)35-15-14-28-27-6-2-3-7-29(27)37-32(28)25-5-4-16-38(20-25)31(40)18-26(33)17-22-8-10-23(11-9-22)24-12-13-30(34)36-19-24/h2-3,6-13,19,25-26,37H,4-5,14-18,20,33H2,1H3,(H2,34,36)(H,35,39)/t25?,26-/m1/s1. The van der Waals surface area contributed by atoms with Gasteiger partial charge in [0.25, 0.3) is 0 Å². The number of carbonyl (C=O) groups excluding carboxylic acids is 2. The first-order valence-corrected chi connectivity index (χ1v) is 14.1. The van der Waals surface area contributed by atoms with Gasteiger partial charge >= 0.3 is 0 Å². The molecule has 0 spiro atoms. The van der Waals surface area contributed by atoms with Gasteiger partial charge in [0.15, 0.2) is 0 Å². The van der Waals surface area contributed by atoms with E-state index in [-0.39, 0.29) is 23.8 Å². The Bertz CT molecular complexity index is 1460. The van der Waals surface area contributed by atoms with Crippen molar-refractivity contribution in [2.24, 2.45) is 5.73 Å². The molecule has 2 aromatic heterocycles. The third-order valence-corrected chi connectivity index (χ3v) is 7.79.